The van der Waals surface area contributed by atoms with E-state index in [-0.39, 0.29) is 5.91 Å². The van der Waals surface area contributed by atoms with Gasteiger partial charge >= 0.3 is 0 Å². The molecule has 0 aliphatic carbocycles. The molecular weight excluding hydrogens is 342 g/mol. The summed E-state index contributed by atoms with van der Waals surface area (Å²) >= 11 is 3.54. The zero-order valence-electron chi connectivity index (χ0n) is 13.5. The maximum Gasteiger partial charge on any atom is 0.236 e. The van der Waals surface area contributed by atoms with E-state index in [1.807, 2.05) is 37.2 Å². The lowest BCUT2D eigenvalue weighted by Gasteiger charge is -2.32. The fourth-order valence-corrected chi connectivity index (χ4v) is 3.33. The number of rotatable bonds is 6. The second-order valence-electron chi connectivity index (χ2n) is 6.12. The number of hydrogen-bond acceptors (Lipinski definition) is 3. The molecule has 1 saturated heterocycles. The van der Waals surface area contributed by atoms with Gasteiger partial charge in [-0.05, 0) is 57.1 Å². The molecule has 0 unspecified atom stereocenters. The average molecular weight is 368 g/mol. The Hall–Kier alpha value is -0.910. The van der Waals surface area contributed by atoms with Crippen LogP contribution in [0.3, 0.4) is 0 Å². The Morgan fingerprint density at radius 3 is 2.68 bits per heavy atom. The molecule has 0 radical (unpaired) electrons. The van der Waals surface area contributed by atoms with E-state index in [2.05, 4.69) is 32.2 Å². The Kier molecular flexibility index (Phi) is 6.86. The van der Waals surface area contributed by atoms with Crippen molar-refractivity contribution in [3.63, 3.8) is 0 Å². The molecule has 22 heavy (non-hydrogen) atoms. The molecule has 1 aliphatic rings. The molecule has 0 bridgehead atoms. The lowest BCUT2D eigenvalue weighted by molar-refractivity contribution is -0.132. The van der Waals surface area contributed by atoms with Crippen LogP contribution < -0.4 is 5.32 Å². The van der Waals surface area contributed by atoms with Crippen LogP contribution in [0.4, 0.5) is 0 Å². The van der Waals surface area contributed by atoms with E-state index in [0.29, 0.717) is 13.1 Å². The number of nitrogens with one attached hydrogen (secondary N) is 1. The number of piperidine rings is 1. The molecule has 1 fully saturated rings. The summed E-state index contributed by atoms with van der Waals surface area (Å²) in [5.74, 6) is 0.956. The molecule has 5 heteroatoms. The van der Waals surface area contributed by atoms with Crippen molar-refractivity contribution in [1.82, 2.24) is 15.1 Å². The molecule has 122 valence electrons. The fraction of sp³-hybridized carbons (Fsp3) is 0.588. The normalized spacial score (nSPS) is 16.7. The largest absolute Gasteiger partial charge is 0.340 e. The second-order valence-corrected chi connectivity index (χ2v) is 6.97. The Balaban J connectivity index is 1.79. The molecule has 1 heterocycles. The van der Waals surface area contributed by atoms with Gasteiger partial charge in [0.2, 0.25) is 5.91 Å². The predicted octanol–water partition coefficient (Wildman–Crippen LogP) is 2.34. The molecule has 0 aromatic heterocycles. The molecule has 1 amide bonds. The van der Waals surface area contributed by atoms with E-state index in [0.717, 1.165) is 35.6 Å². The number of carbonyl (C=O) groups excluding carboxylic acids is 1. The van der Waals surface area contributed by atoms with Gasteiger partial charge in [-0.25, -0.2) is 0 Å². The van der Waals surface area contributed by atoms with Gasteiger partial charge in [0.05, 0.1) is 6.54 Å². The standard InChI is InChI=1S/C17H26BrN3O/c1-19-11-14-7-9-21(10-8-14)13-17(22)20(2)12-15-5-3-4-6-16(15)18/h3-6,14,19H,7-13H2,1-2H3. The number of hydrogen-bond donors (Lipinski definition) is 1. The highest BCUT2D eigenvalue weighted by Crippen LogP contribution is 2.18. The predicted molar refractivity (Wildman–Crippen MR) is 93.7 cm³/mol. The third-order valence-electron chi connectivity index (χ3n) is 4.35. The summed E-state index contributed by atoms with van der Waals surface area (Å²) < 4.78 is 1.06. The summed E-state index contributed by atoms with van der Waals surface area (Å²) in [5.41, 5.74) is 1.14. The first-order valence-corrected chi connectivity index (χ1v) is 8.73. The maximum absolute atomic E-state index is 12.4. The van der Waals surface area contributed by atoms with Crippen LogP contribution in [0.25, 0.3) is 0 Å². The highest BCUT2D eigenvalue weighted by atomic mass is 79.9. The highest BCUT2D eigenvalue weighted by Gasteiger charge is 2.21. The Labute approximate surface area is 142 Å². The number of likely N-dealkylation sites (N-methyl/N-ethyl adjacent to an activating group) is 1. The van der Waals surface area contributed by atoms with Gasteiger partial charge in [0, 0.05) is 18.1 Å². The van der Waals surface area contributed by atoms with Crippen molar-refractivity contribution >= 4 is 21.8 Å². The molecule has 1 aromatic carbocycles. The maximum atomic E-state index is 12.4. The van der Waals surface area contributed by atoms with Crippen LogP contribution >= 0.6 is 15.9 Å². The third-order valence-corrected chi connectivity index (χ3v) is 5.12. The quantitative estimate of drug-likeness (QED) is 0.837. The van der Waals surface area contributed by atoms with Crippen molar-refractivity contribution in [3.05, 3.63) is 34.3 Å². The summed E-state index contributed by atoms with van der Waals surface area (Å²) in [6, 6.07) is 8.06. The van der Waals surface area contributed by atoms with Crippen LogP contribution in [-0.4, -0.2) is 56.0 Å². The van der Waals surface area contributed by atoms with Crippen molar-refractivity contribution in [2.45, 2.75) is 19.4 Å². The molecule has 0 saturated carbocycles. The number of nitrogens with zero attached hydrogens (tertiary/aromatic N) is 2. The van der Waals surface area contributed by atoms with E-state index in [1.165, 1.54) is 12.8 Å². The van der Waals surface area contributed by atoms with E-state index in [9.17, 15) is 4.79 Å². The van der Waals surface area contributed by atoms with E-state index >= 15 is 0 Å². The van der Waals surface area contributed by atoms with Crippen molar-refractivity contribution in [2.75, 3.05) is 40.3 Å². The number of halogens is 1. The number of likely N-dealkylation sites (tertiary alicyclic amines) is 1. The minimum Gasteiger partial charge on any atom is -0.340 e. The monoisotopic (exact) mass is 367 g/mol. The van der Waals surface area contributed by atoms with Crippen LogP contribution in [0, 0.1) is 5.92 Å². The molecule has 1 aromatic rings. The van der Waals surface area contributed by atoms with Crippen LogP contribution in [0.1, 0.15) is 18.4 Å². The zero-order chi connectivity index (χ0) is 15.9. The third kappa shape index (κ3) is 5.07. The first-order valence-electron chi connectivity index (χ1n) is 7.94. The smallest absolute Gasteiger partial charge is 0.236 e. The van der Waals surface area contributed by atoms with E-state index < -0.39 is 0 Å². The van der Waals surface area contributed by atoms with Crippen LogP contribution in [-0.2, 0) is 11.3 Å². The highest BCUT2D eigenvalue weighted by molar-refractivity contribution is 9.10. The minimum absolute atomic E-state index is 0.197. The van der Waals surface area contributed by atoms with Crippen molar-refractivity contribution in [3.8, 4) is 0 Å². The van der Waals surface area contributed by atoms with Gasteiger partial charge in [0.1, 0.15) is 0 Å². The Bertz CT molecular complexity index is 487. The van der Waals surface area contributed by atoms with Crippen LogP contribution in [0.5, 0.6) is 0 Å². The summed E-state index contributed by atoms with van der Waals surface area (Å²) in [7, 11) is 3.89. The summed E-state index contributed by atoms with van der Waals surface area (Å²) in [5, 5.41) is 3.25. The first kappa shape index (κ1) is 17.4. The molecule has 1 aliphatic heterocycles. The zero-order valence-corrected chi connectivity index (χ0v) is 15.1. The molecular formula is C17H26BrN3O. The lowest BCUT2D eigenvalue weighted by Crippen LogP contribution is -2.43. The number of carbonyl (C=O) groups is 1. The van der Waals surface area contributed by atoms with Gasteiger partial charge in [0.15, 0.2) is 0 Å². The van der Waals surface area contributed by atoms with Gasteiger partial charge < -0.3 is 10.2 Å². The topological polar surface area (TPSA) is 35.6 Å². The lowest BCUT2D eigenvalue weighted by atomic mass is 9.97. The minimum atomic E-state index is 0.197. The van der Waals surface area contributed by atoms with E-state index in [4.69, 9.17) is 0 Å². The number of benzene rings is 1. The Morgan fingerprint density at radius 2 is 2.05 bits per heavy atom. The van der Waals surface area contributed by atoms with Crippen LogP contribution in [0.15, 0.2) is 28.7 Å². The second kappa shape index (κ2) is 8.65. The summed E-state index contributed by atoms with van der Waals surface area (Å²) in [6.45, 7) is 4.33. The fourth-order valence-electron chi connectivity index (χ4n) is 2.92. The van der Waals surface area contributed by atoms with Crippen LogP contribution in [0.2, 0.25) is 0 Å². The molecule has 0 spiro atoms. The molecule has 1 N–H and O–H groups in total. The van der Waals surface area contributed by atoms with Gasteiger partial charge in [-0.2, -0.15) is 0 Å². The van der Waals surface area contributed by atoms with Crippen molar-refractivity contribution in [1.29, 1.82) is 0 Å². The Morgan fingerprint density at radius 1 is 1.36 bits per heavy atom. The molecule has 4 nitrogen and oxygen atoms in total. The van der Waals surface area contributed by atoms with Gasteiger partial charge in [-0.3, -0.25) is 9.69 Å². The van der Waals surface area contributed by atoms with E-state index in [1.54, 1.807) is 0 Å². The van der Waals surface area contributed by atoms with Gasteiger partial charge in [-0.1, -0.05) is 34.1 Å². The molecule has 2 rings (SSSR count). The SMILES string of the molecule is CNCC1CCN(CC(=O)N(C)Cc2ccccc2Br)CC1. The average Bonchev–Trinajstić information content (AvgIpc) is 2.51. The summed E-state index contributed by atoms with van der Waals surface area (Å²) in [4.78, 5) is 16.5. The first-order chi connectivity index (χ1) is 10.6. The number of amides is 1. The van der Waals surface area contributed by atoms with Gasteiger partial charge in [0.25, 0.3) is 0 Å². The molecule has 0 atom stereocenters. The van der Waals surface area contributed by atoms with Crippen molar-refractivity contribution in [2.24, 2.45) is 5.92 Å². The summed E-state index contributed by atoms with van der Waals surface area (Å²) in [6.07, 6.45) is 2.37. The van der Waals surface area contributed by atoms with Gasteiger partial charge in [-0.15, -0.1) is 0 Å². The van der Waals surface area contributed by atoms with Crippen molar-refractivity contribution < 1.29 is 4.79 Å².